The zero-order valence-corrected chi connectivity index (χ0v) is 7.72. The number of ether oxygens (including phenoxy) is 2. The van der Waals surface area contributed by atoms with Crippen molar-refractivity contribution in [3.63, 3.8) is 0 Å². The highest BCUT2D eigenvalue weighted by Gasteiger charge is 2.05. The summed E-state index contributed by atoms with van der Waals surface area (Å²) in [4.78, 5) is 0. The Morgan fingerprint density at radius 3 is 2.55 bits per heavy atom. The summed E-state index contributed by atoms with van der Waals surface area (Å²) in [6.07, 6.45) is 0.199. The average molecular weight is 161 g/mol. The van der Waals surface area contributed by atoms with E-state index in [0.717, 1.165) is 19.7 Å². The SMILES string of the molecule is CCNCC(COC)OCC. The first-order valence-electron chi connectivity index (χ1n) is 4.16. The quantitative estimate of drug-likeness (QED) is 0.594. The number of hydrogen-bond donors (Lipinski definition) is 1. The lowest BCUT2D eigenvalue weighted by Gasteiger charge is -2.15. The molecule has 0 rings (SSSR count). The predicted octanol–water partition coefficient (Wildman–Crippen LogP) is 0.647. The topological polar surface area (TPSA) is 30.5 Å². The van der Waals surface area contributed by atoms with Gasteiger partial charge in [-0.2, -0.15) is 0 Å². The molecule has 0 fully saturated rings. The van der Waals surface area contributed by atoms with Crippen LogP contribution in [-0.2, 0) is 9.47 Å². The van der Waals surface area contributed by atoms with E-state index in [1.165, 1.54) is 0 Å². The fourth-order valence-corrected chi connectivity index (χ4v) is 0.893. The fraction of sp³-hybridized carbons (Fsp3) is 1.00. The first-order chi connectivity index (χ1) is 5.35. The Bertz CT molecular complexity index is 72.5. The number of nitrogens with one attached hydrogen (secondary N) is 1. The molecule has 0 heterocycles. The van der Waals surface area contributed by atoms with Gasteiger partial charge in [-0.05, 0) is 13.5 Å². The highest BCUT2D eigenvalue weighted by atomic mass is 16.5. The number of hydrogen-bond acceptors (Lipinski definition) is 3. The molecule has 0 aliphatic heterocycles. The highest BCUT2D eigenvalue weighted by molar-refractivity contribution is 4.59. The largest absolute Gasteiger partial charge is 0.382 e. The first-order valence-corrected chi connectivity index (χ1v) is 4.16. The van der Waals surface area contributed by atoms with Gasteiger partial charge in [0.15, 0.2) is 0 Å². The van der Waals surface area contributed by atoms with Gasteiger partial charge in [0.1, 0.15) is 0 Å². The summed E-state index contributed by atoms with van der Waals surface area (Å²) >= 11 is 0. The molecule has 1 N–H and O–H groups in total. The molecule has 0 spiro atoms. The van der Waals surface area contributed by atoms with Crippen LogP contribution in [0.5, 0.6) is 0 Å². The number of likely N-dealkylation sites (N-methyl/N-ethyl adjacent to an activating group) is 1. The summed E-state index contributed by atoms with van der Waals surface area (Å²) in [6.45, 7) is 7.34. The summed E-state index contributed by atoms with van der Waals surface area (Å²) in [5, 5.41) is 3.21. The lowest BCUT2D eigenvalue weighted by atomic mass is 10.3. The Kier molecular flexibility index (Phi) is 7.89. The maximum absolute atomic E-state index is 5.40. The van der Waals surface area contributed by atoms with Crippen LogP contribution in [0.4, 0.5) is 0 Å². The van der Waals surface area contributed by atoms with E-state index in [-0.39, 0.29) is 6.10 Å². The Morgan fingerprint density at radius 1 is 1.36 bits per heavy atom. The van der Waals surface area contributed by atoms with Crippen molar-refractivity contribution >= 4 is 0 Å². The molecule has 3 nitrogen and oxygen atoms in total. The van der Waals surface area contributed by atoms with Crippen LogP contribution in [0.3, 0.4) is 0 Å². The monoisotopic (exact) mass is 161 g/mol. The van der Waals surface area contributed by atoms with Crippen molar-refractivity contribution in [2.24, 2.45) is 0 Å². The van der Waals surface area contributed by atoms with Gasteiger partial charge >= 0.3 is 0 Å². The minimum Gasteiger partial charge on any atom is -0.382 e. The molecule has 0 radical (unpaired) electrons. The molecule has 0 saturated carbocycles. The summed E-state index contributed by atoms with van der Waals surface area (Å²) in [5.74, 6) is 0. The molecule has 0 aliphatic carbocycles. The Morgan fingerprint density at radius 2 is 2.09 bits per heavy atom. The van der Waals surface area contributed by atoms with Crippen LogP contribution in [0.15, 0.2) is 0 Å². The second kappa shape index (κ2) is 7.98. The van der Waals surface area contributed by atoms with Crippen molar-refractivity contribution in [1.82, 2.24) is 5.32 Å². The van der Waals surface area contributed by atoms with E-state index < -0.39 is 0 Å². The molecule has 1 unspecified atom stereocenters. The average Bonchev–Trinajstić information content (AvgIpc) is 2.01. The molecular weight excluding hydrogens is 142 g/mol. The van der Waals surface area contributed by atoms with Crippen molar-refractivity contribution in [3.05, 3.63) is 0 Å². The third-order valence-corrected chi connectivity index (χ3v) is 1.38. The van der Waals surface area contributed by atoms with Crippen molar-refractivity contribution in [1.29, 1.82) is 0 Å². The molecular formula is C8H19NO2. The van der Waals surface area contributed by atoms with Gasteiger partial charge in [-0.15, -0.1) is 0 Å². The van der Waals surface area contributed by atoms with Gasteiger partial charge in [0, 0.05) is 20.3 Å². The third-order valence-electron chi connectivity index (χ3n) is 1.38. The van der Waals surface area contributed by atoms with Crippen molar-refractivity contribution in [2.45, 2.75) is 20.0 Å². The van der Waals surface area contributed by atoms with Crippen LogP contribution in [0, 0.1) is 0 Å². The van der Waals surface area contributed by atoms with Crippen LogP contribution in [0.1, 0.15) is 13.8 Å². The standard InChI is InChI=1S/C8H19NO2/c1-4-9-6-8(7-10-3)11-5-2/h8-9H,4-7H2,1-3H3. The van der Waals surface area contributed by atoms with E-state index in [1.54, 1.807) is 7.11 Å². The highest BCUT2D eigenvalue weighted by Crippen LogP contribution is 1.90. The molecule has 1 atom stereocenters. The van der Waals surface area contributed by atoms with Gasteiger partial charge in [-0.1, -0.05) is 6.92 Å². The summed E-state index contributed by atoms with van der Waals surface area (Å²) in [6, 6.07) is 0. The Balaban J connectivity index is 3.34. The molecule has 3 heteroatoms. The molecule has 68 valence electrons. The van der Waals surface area contributed by atoms with Gasteiger partial charge < -0.3 is 14.8 Å². The lowest BCUT2D eigenvalue weighted by molar-refractivity contribution is 0.00533. The summed E-state index contributed by atoms with van der Waals surface area (Å²) in [7, 11) is 1.69. The molecule has 0 amide bonds. The summed E-state index contributed by atoms with van der Waals surface area (Å²) < 4.78 is 10.4. The minimum absolute atomic E-state index is 0.199. The summed E-state index contributed by atoms with van der Waals surface area (Å²) in [5.41, 5.74) is 0. The maximum Gasteiger partial charge on any atom is 0.0932 e. The molecule has 0 aromatic rings. The first kappa shape index (κ1) is 10.9. The fourth-order valence-electron chi connectivity index (χ4n) is 0.893. The zero-order chi connectivity index (χ0) is 8.53. The van der Waals surface area contributed by atoms with Gasteiger partial charge in [-0.3, -0.25) is 0 Å². The maximum atomic E-state index is 5.40. The lowest BCUT2D eigenvalue weighted by Crippen LogP contribution is -2.32. The number of methoxy groups -OCH3 is 1. The smallest absolute Gasteiger partial charge is 0.0932 e. The van der Waals surface area contributed by atoms with E-state index >= 15 is 0 Å². The van der Waals surface area contributed by atoms with Crippen LogP contribution in [0.25, 0.3) is 0 Å². The minimum atomic E-state index is 0.199. The Labute approximate surface area is 69.1 Å². The second-order valence-corrected chi connectivity index (χ2v) is 2.34. The zero-order valence-electron chi connectivity index (χ0n) is 7.72. The molecule has 0 bridgehead atoms. The molecule has 0 aromatic heterocycles. The van der Waals surface area contributed by atoms with Crippen molar-refractivity contribution in [2.75, 3.05) is 33.4 Å². The third kappa shape index (κ3) is 6.28. The van der Waals surface area contributed by atoms with Gasteiger partial charge in [0.25, 0.3) is 0 Å². The van der Waals surface area contributed by atoms with Gasteiger partial charge in [-0.25, -0.2) is 0 Å². The molecule has 0 aliphatic rings. The molecule has 11 heavy (non-hydrogen) atoms. The molecule has 0 aromatic carbocycles. The van der Waals surface area contributed by atoms with Gasteiger partial charge in [0.2, 0.25) is 0 Å². The van der Waals surface area contributed by atoms with E-state index in [1.807, 2.05) is 6.92 Å². The predicted molar refractivity (Wildman–Crippen MR) is 45.8 cm³/mol. The second-order valence-electron chi connectivity index (χ2n) is 2.34. The van der Waals surface area contributed by atoms with Crippen LogP contribution in [-0.4, -0.2) is 39.5 Å². The normalized spacial score (nSPS) is 13.4. The van der Waals surface area contributed by atoms with Crippen LogP contribution >= 0.6 is 0 Å². The number of rotatable bonds is 7. The van der Waals surface area contributed by atoms with E-state index in [2.05, 4.69) is 12.2 Å². The van der Waals surface area contributed by atoms with E-state index in [9.17, 15) is 0 Å². The van der Waals surface area contributed by atoms with E-state index in [0.29, 0.717) is 6.61 Å². The molecule has 0 saturated heterocycles. The van der Waals surface area contributed by atoms with E-state index in [4.69, 9.17) is 9.47 Å². The van der Waals surface area contributed by atoms with Crippen LogP contribution < -0.4 is 5.32 Å². The van der Waals surface area contributed by atoms with Gasteiger partial charge in [0.05, 0.1) is 12.7 Å². The van der Waals surface area contributed by atoms with Crippen LogP contribution in [0.2, 0.25) is 0 Å². The Hall–Kier alpha value is -0.120. The van der Waals surface area contributed by atoms with Crippen molar-refractivity contribution < 1.29 is 9.47 Å². The van der Waals surface area contributed by atoms with Crippen molar-refractivity contribution in [3.8, 4) is 0 Å².